The number of hydrogen-bond donors (Lipinski definition) is 2. The lowest BCUT2D eigenvalue weighted by atomic mass is 10.1. The van der Waals surface area contributed by atoms with Gasteiger partial charge >= 0.3 is 11.9 Å². The second-order valence-electron chi connectivity index (χ2n) is 7.38. The third-order valence-electron chi connectivity index (χ3n) is 5.06. The van der Waals surface area contributed by atoms with Crippen LogP contribution in [0.1, 0.15) is 58.5 Å². The molecule has 0 saturated heterocycles. The summed E-state index contributed by atoms with van der Waals surface area (Å²) in [4.78, 5) is 28.6. The van der Waals surface area contributed by atoms with Gasteiger partial charge in [-0.2, -0.15) is 0 Å². The molecule has 31 heavy (non-hydrogen) atoms. The summed E-state index contributed by atoms with van der Waals surface area (Å²) in [5.41, 5.74) is 2.22. The first kappa shape index (κ1) is 22.5. The third kappa shape index (κ3) is 6.15. The molecule has 3 rings (SSSR count). The molecule has 0 aliphatic heterocycles. The smallest absolute Gasteiger partial charge is 0.335 e. The van der Waals surface area contributed by atoms with Gasteiger partial charge in [0.25, 0.3) is 0 Å². The van der Waals surface area contributed by atoms with Crippen LogP contribution >= 0.6 is 11.3 Å². The summed E-state index contributed by atoms with van der Waals surface area (Å²) in [6.45, 7) is 2.65. The van der Waals surface area contributed by atoms with E-state index in [1.807, 2.05) is 22.1 Å². The zero-order valence-corrected chi connectivity index (χ0v) is 18.3. The SMILES string of the molecule is CCCCCc1ncc(C=C(Cc2cccs2)C(=O)O)n1Cc1ccc(C(=O)O)cc1. The van der Waals surface area contributed by atoms with Gasteiger partial charge in [-0.05, 0) is 41.6 Å². The van der Waals surface area contributed by atoms with E-state index in [1.165, 1.54) is 11.3 Å². The molecule has 0 amide bonds. The topological polar surface area (TPSA) is 92.4 Å². The minimum Gasteiger partial charge on any atom is -0.478 e. The maximum Gasteiger partial charge on any atom is 0.335 e. The number of rotatable bonds is 11. The summed E-state index contributed by atoms with van der Waals surface area (Å²) < 4.78 is 2.03. The van der Waals surface area contributed by atoms with Crippen LogP contribution in [-0.2, 0) is 24.2 Å². The number of imidazole rings is 1. The monoisotopic (exact) mass is 438 g/mol. The number of aryl methyl sites for hydroxylation is 1. The highest BCUT2D eigenvalue weighted by atomic mass is 32.1. The fourth-order valence-corrected chi connectivity index (χ4v) is 4.09. The van der Waals surface area contributed by atoms with Gasteiger partial charge in [-0.15, -0.1) is 11.3 Å². The molecular weight excluding hydrogens is 412 g/mol. The highest BCUT2D eigenvalue weighted by molar-refractivity contribution is 7.09. The number of hydrogen-bond acceptors (Lipinski definition) is 4. The van der Waals surface area contributed by atoms with E-state index in [4.69, 9.17) is 5.11 Å². The summed E-state index contributed by atoms with van der Waals surface area (Å²) in [6, 6.07) is 10.6. The number of nitrogens with zero attached hydrogens (tertiary/aromatic N) is 2. The van der Waals surface area contributed by atoms with E-state index < -0.39 is 11.9 Å². The van der Waals surface area contributed by atoms with Gasteiger partial charge in [-0.1, -0.05) is 38.0 Å². The summed E-state index contributed by atoms with van der Waals surface area (Å²) >= 11 is 1.53. The summed E-state index contributed by atoms with van der Waals surface area (Å²) in [5.74, 6) is -1.000. The van der Waals surface area contributed by atoms with Crippen molar-refractivity contribution in [3.05, 3.63) is 81.1 Å². The Hall–Kier alpha value is -3.19. The molecule has 162 valence electrons. The van der Waals surface area contributed by atoms with Crippen molar-refractivity contribution >= 4 is 29.4 Å². The van der Waals surface area contributed by atoms with E-state index >= 15 is 0 Å². The lowest BCUT2D eigenvalue weighted by Gasteiger charge is -2.12. The molecule has 1 aromatic carbocycles. The summed E-state index contributed by atoms with van der Waals surface area (Å²) in [6.07, 6.45) is 7.81. The van der Waals surface area contributed by atoms with Crippen LogP contribution in [0, 0.1) is 0 Å². The molecule has 0 radical (unpaired) electrons. The number of benzene rings is 1. The summed E-state index contributed by atoms with van der Waals surface area (Å²) in [7, 11) is 0. The van der Waals surface area contributed by atoms with Gasteiger partial charge in [0.15, 0.2) is 0 Å². The van der Waals surface area contributed by atoms with Gasteiger partial charge in [0, 0.05) is 29.8 Å². The zero-order valence-electron chi connectivity index (χ0n) is 17.5. The van der Waals surface area contributed by atoms with Crippen LogP contribution < -0.4 is 0 Å². The summed E-state index contributed by atoms with van der Waals surface area (Å²) in [5, 5.41) is 20.8. The first-order chi connectivity index (χ1) is 15.0. The Labute approximate surface area is 185 Å². The Morgan fingerprint density at radius 3 is 2.52 bits per heavy atom. The number of carbonyl (C=O) groups is 2. The van der Waals surface area contributed by atoms with E-state index in [9.17, 15) is 14.7 Å². The quantitative estimate of drug-likeness (QED) is 0.320. The maximum absolute atomic E-state index is 11.9. The molecule has 0 saturated carbocycles. The molecule has 2 aromatic heterocycles. The van der Waals surface area contributed by atoms with E-state index in [0.29, 0.717) is 18.5 Å². The number of carboxylic acid groups (broad SMARTS) is 2. The minimum absolute atomic E-state index is 0.238. The minimum atomic E-state index is -0.960. The third-order valence-corrected chi connectivity index (χ3v) is 5.93. The van der Waals surface area contributed by atoms with E-state index in [1.54, 1.807) is 36.5 Å². The number of thiophene rings is 1. The van der Waals surface area contributed by atoms with Gasteiger partial charge in [-0.3, -0.25) is 0 Å². The number of aromatic nitrogens is 2. The predicted octanol–water partition coefficient (Wildman–Crippen LogP) is 5.13. The maximum atomic E-state index is 11.9. The second kappa shape index (κ2) is 10.7. The average molecular weight is 439 g/mol. The molecule has 3 aromatic rings. The van der Waals surface area contributed by atoms with Crippen LogP contribution in [0.5, 0.6) is 0 Å². The Bertz CT molecular complexity index is 1050. The van der Waals surface area contributed by atoms with Crippen LogP contribution in [-0.4, -0.2) is 31.7 Å². The molecule has 0 atom stereocenters. The Morgan fingerprint density at radius 2 is 1.90 bits per heavy atom. The number of aromatic carboxylic acids is 1. The van der Waals surface area contributed by atoms with Crippen LogP contribution in [0.25, 0.3) is 6.08 Å². The standard InChI is InChI=1S/C24H26N2O4S/c1-2-3-4-7-22-25-15-20(13-19(24(29)30)14-21-6-5-12-31-21)26(22)16-17-8-10-18(11-9-17)23(27)28/h5-6,8-13,15H,2-4,7,14,16H2,1H3,(H,27,28)(H,29,30). The Kier molecular flexibility index (Phi) is 7.78. The van der Waals surface area contributed by atoms with Gasteiger partial charge in [0.05, 0.1) is 17.5 Å². The van der Waals surface area contributed by atoms with Crippen molar-refractivity contribution < 1.29 is 19.8 Å². The van der Waals surface area contributed by atoms with Crippen LogP contribution in [0.2, 0.25) is 0 Å². The molecule has 2 N–H and O–H groups in total. The molecule has 0 aliphatic carbocycles. The highest BCUT2D eigenvalue weighted by Gasteiger charge is 2.14. The number of aliphatic carboxylic acids is 1. The van der Waals surface area contributed by atoms with Gasteiger partial charge in [0.1, 0.15) is 5.82 Å². The lowest BCUT2D eigenvalue weighted by Crippen LogP contribution is -2.09. The average Bonchev–Trinajstić information content (AvgIpc) is 3.39. The van der Waals surface area contributed by atoms with E-state index in [2.05, 4.69) is 11.9 Å². The Morgan fingerprint density at radius 1 is 1.13 bits per heavy atom. The number of carboxylic acids is 2. The zero-order chi connectivity index (χ0) is 22.2. The van der Waals surface area contributed by atoms with Crippen molar-refractivity contribution in [2.45, 2.75) is 45.6 Å². The van der Waals surface area contributed by atoms with Crippen molar-refractivity contribution in [1.29, 1.82) is 0 Å². The van der Waals surface area contributed by atoms with E-state index in [-0.39, 0.29) is 5.56 Å². The molecular formula is C24H26N2O4S. The first-order valence-corrected chi connectivity index (χ1v) is 11.2. The van der Waals surface area contributed by atoms with Crippen molar-refractivity contribution in [3.8, 4) is 0 Å². The van der Waals surface area contributed by atoms with Crippen molar-refractivity contribution in [3.63, 3.8) is 0 Å². The van der Waals surface area contributed by atoms with Crippen LogP contribution in [0.4, 0.5) is 0 Å². The van der Waals surface area contributed by atoms with Crippen molar-refractivity contribution in [2.24, 2.45) is 0 Å². The van der Waals surface area contributed by atoms with Gasteiger partial charge in [-0.25, -0.2) is 14.6 Å². The molecule has 0 aliphatic rings. The first-order valence-electron chi connectivity index (χ1n) is 10.3. The highest BCUT2D eigenvalue weighted by Crippen LogP contribution is 2.20. The molecule has 2 heterocycles. The van der Waals surface area contributed by atoms with Gasteiger partial charge in [0.2, 0.25) is 0 Å². The Balaban J connectivity index is 1.93. The predicted molar refractivity (Wildman–Crippen MR) is 122 cm³/mol. The largest absolute Gasteiger partial charge is 0.478 e. The normalized spacial score (nSPS) is 11.6. The van der Waals surface area contributed by atoms with E-state index in [0.717, 1.165) is 47.6 Å². The lowest BCUT2D eigenvalue weighted by molar-refractivity contribution is -0.132. The fourth-order valence-electron chi connectivity index (χ4n) is 3.36. The molecule has 6 nitrogen and oxygen atoms in total. The molecule has 0 unspecified atom stereocenters. The van der Waals surface area contributed by atoms with Crippen molar-refractivity contribution in [2.75, 3.05) is 0 Å². The fraction of sp³-hybridized carbons (Fsp3) is 0.292. The molecule has 0 bridgehead atoms. The molecule has 7 heteroatoms. The van der Waals surface area contributed by atoms with Crippen LogP contribution in [0.3, 0.4) is 0 Å². The van der Waals surface area contributed by atoms with Crippen LogP contribution in [0.15, 0.2) is 53.5 Å². The number of unbranched alkanes of at least 4 members (excludes halogenated alkanes) is 2. The van der Waals surface area contributed by atoms with Crippen molar-refractivity contribution in [1.82, 2.24) is 9.55 Å². The molecule has 0 spiro atoms. The second-order valence-corrected chi connectivity index (χ2v) is 8.41. The van der Waals surface area contributed by atoms with Gasteiger partial charge < -0.3 is 14.8 Å². The molecule has 0 fully saturated rings.